The Morgan fingerprint density at radius 3 is 2.25 bits per heavy atom. The average molecular weight is 293 g/mol. The summed E-state index contributed by atoms with van der Waals surface area (Å²) >= 11 is 0. The number of nitrogens with one attached hydrogen (secondary N) is 2. The lowest BCUT2D eigenvalue weighted by molar-refractivity contribution is -0.140. The van der Waals surface area contributed by atoms with Crippen LogP contribution >= 0.6 is 0 Å². The van der Waals surface area contributed by atoms with Gasteiger partial charge in [0.25, 0.3) is 0 Å². The Balaban J connectivity index is 4.11. The number of carbonyl (C=O) groups is 3. The van der Waals surface area contributed by atoms with Gasteiger partial charge >= 0.3 is 18.0 Å². The second-order valence-electron chi connectivity index (χ2n) is 4.19. The minimum atomic E-state index is -1.60. The summed E-state index contributed by atoms with van der Waals surface area (Å²) in [5, 5.41) is 21.2. The third kappa shape index (κ3) is 9.09. The SMILES string of the molecule is NCCCC[C@@H](F)NC(=O)N[C@@H](CCC(=O)O)C(=O)O. The van der Waals surface area contributed by atoms with Gasteiger partial charge in [-0.2, -0.15) is 0 Å². The third-order valence-corrected chi connectivity index (χ3v) is 2.45. The number of carbonyl (C=O) groups excluding carboxylic acids is 1. The van der Waals surface area contributed by atoms with E-state index < -0.39 is 36.7 Å². The standard InChI is InChI=1S/C11H20FN3O5/c12-8(3-1-2-6-13)15-11(20)14-7(10(18)19)4-5-9(16)17/h7-8H,1-6,13H2,(H,16,17)(H,18,19)(H2,14,15,20)/t7-,8-/m0/s1. The molecule has 0 aromatic rings. The van der Waals surface area contributed by atoms with Crippen LogP contribution in [0.1, 0.15) is 32.1 Å². The Morgan fingerprint density at radius 2 is 1.75 bits per heavy atom. The maximum Gasteiger partial charge on any atom is 0.326 e. The molecule has 9 heteroatoms. The fourth-order valence-corrected chi connectivity index (χ4v) is 1.41. The normalized spacial score (nSPS) is 13.3. The molecule has 0 saturated heterocycles. The number of unbranched alkanes of at least 4 members (excludes halogenated alkanes) is 1. The van der Waals surface area contributed by atoms with Gasteiger partial charge in [-0.05, 0) is 32.2 Å². The van der Waals surface area contributed by atoms with Crippen LogP contribution < -0.4 is 16.4 Å². The zero-order valence-corrected chi connectivity index (χ0v) is 11.0. The highest BCUT2D eigenvalue weighted by molar-refractivity contribution is 5.83. The van der Waals surface area contributed by atoms with Gasteiger partial charge in [-0.15, -0.1) is 0 Å². The zero-order chi connectivity index (χ0) is 15.5. The van der Waals surface area contributed by atoms with Gasteiger partial charge in [0.05, 0.1) is 0 Å². The highest BCUT2D eigenvalue weighted by atomic mass is 19.1. The highest BCUT2D eigenvalue weighted by Gasteiger charge is 2.22. The molecule has 0 bridgehead atoms. The van der Waals surface area contributed by atoms with E-state index in [0.717, 1.165) is 0 Å². The first-order chi connectivity index (χ1) is 9.36. The molecule has 0 aliphatic carbocycles. The van der Waals surface area contributed by atoms with Crippen LogP contribution in [-0.2, 0) is 9.59 Å². The molecule has 20 heavy (non-hydrogen) atoms. The van der Waals surface area contributed by atoms with E-state index >= 15 is 0 Å². The number of halogens is 1. The number of alkyl halides is 1. The monoisotopic (exact) mass is 293 g/mol. The van der Waals surface area contributed by atoms with Crippen molar-refractivity contribution >= 4 is 18.0 Å². The summed E-state index contributed by atoms with van der Waals surface area (Å²) < 4.78 is 13.3. The van der Waals surface area contributed by atoms with Crippen LogP contribution in [0.25, 0.3) is 0 Å². The molecule has 0 unspecified atom stereocenters. The average Bonchev–Trinajstić information content (AvgIpc) is 2.34. The molecule has 6 N–H and O–H groups in total. The largest absolute Gasteiger partial charge is 0.481 e. The van der Waals surface area contributed by atoms with E-state index in [1.807, 2.05) is 10.6 Å². The number of nitrogens with two attached hydrogens (primary N) is 1. The number of carboxylic acid groups (broad SMARTS) is 2. The van der Waals surface area contributed by atoms with E-state index in [0.29, 0.717) is 19.4 Å². The predicted octanol–water partition coefficient (Wildman–Crippen LogP) is 0.0282. The topological polar surface area (TPSA) is 142 Å². The van der Waals surface area contributed by atoms with E-state index in [9.17, 15) is 18.8 Å². The Hall–Kier alpha value is -1.90. The van der Waals surface area contributed by atoms with Gasteiger partial charge < -0.3 is 26.6 Å². The van der Waals surface area contributed by atoms with Gasteiger partial charge in [-0.25, -0.2) is 14.0 Å². The van der Waals surface area contributed by atoms with E-state index in [-0.39, 0.29) is 12.8 Å². The Bertz CT molecular complexity index is 340. The lowest BCUT2D eigenvalue weighted by Gasteiger charge is -2.16. The molecule has 0 saturated carbocycles. The lowest BCUT2D eigenvalue weighted by atomic mass is 10.1. The van der Waals surface area contributed by atoms with Crippen molar-refractivity contribution in [2.75, 3.05) is 6.54 Å². The first-order valence-corrected chi connectivity index (χ1v) is 6.22. The number of hydrogen-bond donors (Lipinski definition) is 5. The molecule has 0 aromatic carbocycles. The molecular weight excluding hydrogens is 273 g/mol. The summed E-state index contributed by atoms with van der Waals surface area (Å²) in [6, 6.07) is -2.36. The molecule has 0 aliphatic rings. The number of carboxylic acids is 2. The second-order valence-corrected chi connectivity index (χ2v) is 4.19. The Labute approximate surface area is 115 Å². The van der Waals surface area contributed by atoms with E-state index in [2.05, 4.69) is 0 Å². The van der Waals surface area contributed by atoms with E-state index in [1.54, 1.807) is 0 Å². The van der Waals surface area contributed by atoms with Crippen LogP contribution in [0.3, 0.4) is 0 Å². The molecule has 0 aromatic heterocycles. The maximum atomic E-state index is 13.3. The molecule has 116 valence electrons. The number of amides is 2. The van der Waals surface area contributed by atoms with Crippen molar-refractivity contribution < 1.29 is 29.0 Å². The van der Waals surface area contributed by atoms with Crippen molar-refractivity contribution in [3.63, 3.8) is 0 Å². The summed E-state index contributed by atoms with van der Waals surface area (Å²) in [4.78, 5) is 32.5. The smallest absolute Gasteiger partial charge is 0.326 e. The zero-order valence-electron chi connectivity index (χ0n) is 11.0. The molecule has 0 aliphatic heterocycles. The molecule has 2 amide bonds. The first-order valence-electron chi connectivity index (χ1n) is 6.22. The summed E-state index contributed by atoms with van der Waals surface area (Å²) in [6.45, 7) is 0.426. The maximum absolute atomic E-state index is 13.3. The van der Waals surface area contributed by atoms with Crippen molar-refractivity contribution in [3.05, 3.63) is 0 Å². The first kappa shape index (κ1) is 18.1. The lowest BCUT2D eigenvalue weighted by Crippen LogP contribution is -2.48. The number of rotatable bonds is 10. The van der Waals surface area contributed by atoms with Gasteiger partial charge in [0.2, 0.25) is 0 Å². The van der Waals surface area contributed by atoms with Crippen LogP contribution in [0.2, 0.25) is 0 Å². The molecule has 8 nitrogen and oxygen atoms in total. The predicted molar refractivity (Wildman–Crippen MR) is 67.8 cm³/mol. The molecule has 2 atom stereocenters. The molecule has 0 heterocycles. The van der Waals surface area contributed by atoms with Crippen molar-refractivity contribution in [2.45, 2.75) is 44.4 Å². The number of hydrogen-bond acceptors (Lipinski definition) is 4. The van der Waals surface area contributed by atoms with E-state index in [1.165, 1.54) is 0 Å². The van der Waals surface area contributed by atoms with E-state index in [4.69, 9.17) is 15.9 Å². The van der Waals surface area contributed by atoms with Crippen LogP contribution in [-0.4, -0.2) is 47.1 Å². The minimum absolute atomic E-state index is 0.0808. The quantitative estimate of drug-likeness (QED) is 0.284. The highest BCUT2D eigenvalue weighted by Crippen LogP contribution is 2.02. The summed E-state index contributed by atoms with van der Waals surface area (Å²) in [6.07, 6.45) is -1.08. The van der Waals surface area contributed by atoms with Crippen molar-refractivity contribution in [1.29, 1.82) is 0 Å². The third-order valence-electron chi connectivity index (χ3n) is 2.45. The Morgan fingerprint density at radius 1 is 1.10 bits per heavy atom. The summed E-state index contributed by atoms with van der Waals surface area (Å²) in [5.74, 6) is -2.55. The van der Waals surface area contributed by atoms with Gasteiger partial charge in [0.1, 0.15) is 6.04 Å². The van der Waals surface area contributed by atoms with Crippen LogP contribution in [0.15, 0.2) is 0 Å². The Kier molecular flexibility index (Phi) is 9.01. The molecule has 0 fully saturated rings. The van der Waals surface area contributed by atoms with Gasteiger partial charge in [-0.3, -0.25) is 4.79 Å². The minimum Gasteiger partial charge on any atom is -0.481 e. The van der Waals surface area contributed by atoms with Crippen LogP contribution in [0.5, 0.6) is 0 Å². The summed E-state index contributed by atoms with van der Waals surface area (Å²) in [7, 11) is 0. The molecule has 0 spiro atoms. The van der Waals surface area contributed by atoms with Crippen LogP contribution in [0.4, 0.5) is 9.18 Å². The van der Waals surface area contributed by atoms with Crippen molar-refractivity contribution in [1.82, 2.24) is 10.6 Å². The van der Waals surface area contributed by atoms with Gasteiger partial charge in [-0.1, -0.05) is 0 Å². The number of urea groups is 1. The molecular formula is C11H20FN3O5. The fraction of sp³-hybridized carbons (Fsp3) is 0.727. The molecule has 0 rings (SSSR count). The van der Waals surface area contributed by atoms with Gasteiger partial charge in [0.15, 0.2) is 6.30 Å². The van der Waals surface area contributed by atoms with Crippen molar-refractivity contribution in [3.8, 4) is 0 Å². The van der Waals surface area contributed by atoms with Crippen LogP contribution in [0, 0.1) is 0 Å². The van der Waals surface area contributed by atoms with Crippen molar-refractivity contribution in [2.24, 2.45) is 5.73 Å². The number of aliphatic carboxylic acids is 2. The second kappa shape index (κ2) is 9.96. The fourth-order valence-electron chi connectivity index (χ4n) is 1.41. The molecule has 0 radical (unpaired) electrons. The van der Waals surface area contributed by atoms with Gasteiger partial charge in [0, 0.05) is 6.42 Å². The summed E-state index contributed by atoms with van der Waals surface area (Å²) in [5.41, 5.74) is 5.24.